The zero-order valence-electron chi connectivity index (χ0n) is 32.8. The molecule has 3 aliphatic rings. The number of nitrogens with zero attached hydrogens (tertiary/aromatic N) is 1. The van der Waals surface area contributed by atoms with Gasteiger partial charge >= 0.3 is 12.1 Å². The Morgan fingerprint density at radius 1 is 0.964 bits per heavy atom. The monoisotopic (exact) mass is 768 g/mol. The number of nitrogens with two attached hydrogens (primary N) is 1. The quantitative estimate of drug-likeness (QED) is 0.130. The van der Waals surface area contributed by atoms with Crippen LogP contribution < -0.4 is 21.1 Å². The number of hydrogen-bond donors (Lipinski definition) is 3. The van der Waals surface area contributed by atoms with Crippen molar-refractivity contribution < 1.29 is 33.4 Å². The number of pyridine rings is 1. The Labute approximate surface area is 327 Å². The molecule has 2 aliphatic carbocycles. The molecule has 0 spiro atoms. The molecule has 0 atom stereocenters. The zero-order valence-corrected chi connectivity index (χ0v) is 33.6. The van der Waals surface area contributed by atoms with Crippen LogP contribution in [0.3, 0.4) is 0 Å². The van der Waals surface area contributed by atoms with Crippen molar-refractivity contribution >= 4 is 41.4 Å². The number of alkyl carbamates (subject to hydrolysis) is 1. The van der Waals surface area contributed by atoms with Gasteiger partial charge in [-0.15, -0.1) is 11.3 Å². The van der Waals surface area contributed by atoms with Crippen LogP contribution in [0.2, 0.25) is 0 Å². The Morgan fingerprint density at radius 2 is 1.62 bits per heavy atom. The smallest absolute Gasteiger partial charge is 0.407 e. The number of fused-ring (bicyclic) bond motifs is 5. The lowest BCUT2D eigenvalue weighted by molar-refractivity contribution is -0.106. The second-order valence-electron chi connectivity index (χ2n) is 15.3. The van der Waals surface area contributed by atoms with Crippen LogP contribution in [0.15, 0.2) is 47.8 Å². The van der Waals surface area contributed by atoms with Crippen LogP contribution in [-0.4, -0.2) is 48.7 Å². The lowest BCUT2D eigenvalue weighted by Gasteiger charge is -2.20. The highest BCUT2D eigenvalue weighted by atomic mass is 32.1. The largest absolute Gasteiger partial charge is 0.493 e. The van der Waals surface area contributed by atoms with E-state index >= 15 is 0 Å². The molecule has 0 saturated heterocycles. The minimum atomic E-state index is -0.598. The first-order valence-corrected chi connectivity index (χ1v) is 19.6. The lowest BCUT2D eigenvalue weighted by atomic mass is 9.93. The highest BCUT2D eigenvalue weighted by molar-refractivity contribution is 7.13. The van der Waals surface area contributed by atoms with E-state index in [1.165, 1.54) is 18.9 Å². The highest BCUT2D eigenvalue weighted by Gasteiger charge is 2.31. The second kappa shape index (κ2) is 17.9. The third-order valence-electron chi connectivity index (χ3n) is 9.99. The summed E-state index contributed by atoms with van der Waals surface area (Å²) in [5.41, 5.74) is 10.8. The van der Waals surface area contributed by atoms with Crippen molar-refractivity contribution in [2.75, 3.05) is 19.0 Å². The molecule has 4 N–H and O–H groups in total. The van der Waals surface area contributed by atoms with E-state index in [-0.39, 0.29) is 24.6 Å². The first kappa shape index (κ1) is 40.9. The van der Waals surface area contributed by atoms with Crippen molar-refractivity contribution in [1.29, 1.82) is 0 Å². The number of methoxy groups -OCH3 is 1. The molecule has 2 aromatic heterocycles. The molecule has 2 aromatic carbocycles. The van der Waals surface area contributed by atoms with Gasteiger partial charge in [-0.3, -0.25) is 9.59 Å². The standard InChI is InChI=1S/C35H37N3O6S.C7H12.CH3NO/c1-19-14-22(18-36-34(41)44-35(4,5)6)15-20(2)29(19)38-32(39)26-16-27-28(43-12-10-23-11-13-45-31(23)27)17-25(26)24-9-8-21(3)37-30(24)33(40)42-7;1-2-7-4-3-6(1)5-7;2-1-3/h8-9,11,13-17H,10,12,18H2,1-7H3,(H,36,41)(H,38,39);6-7H,1-5H2;1H,(H2,2,3). The third-order valence-corrected chi connectivity index (χ3v) is 11.0. The van der Waals surface area contributed by atoms with Gasteiger partial charge in [0.15, 0.2) is 5.69 Å². The summed E-state index contributed by atoms with van der Waals surface area (Å²) in [7, 11) is 1.31. The number of aromatic nitrogens is 1. The fourth-order valence-electron chi connectivity index (χ4n) is 7.55. The normalized spacial score (nSPS) is 16.3. The number of hydrogen-bond acceptors (Lipinski definition) is 9. The van der Waals surface area contributed by atoms with Crippen LogP contribution in [0, 0.1) is 32.6 Å². The number of primary amides is 1. The van der Waals surface area contributed by atoms with Gasteiger partial charge in [-0.25, -0.2) is 14.6 Å². The fraction of sp³-hybridized carbons (Fsp3) is 0.419. The molecule has 292 valence electrons. The molecule has 2 bridgehead atoms. The Morgan fingerprint density at radius 3 is 2.20 bits per heavy atom. The van der Waals surface area contributed by atoms with E-state index in [1.807, 2.05) is 64.3 Å². The number of rotatable bonds is 6. The number of carbonyl (C=O) groups is 4. The molecule has 2 fully saturated rings. The van der Waals surface area contributed by atoms with Gasteiger partial charge in [0.2, 0.25) is 6.41 Å². The van der Waals surface area contributed by atoms with Gasteiger partial charge in [-0.2, -0.15) is 0 Å². The molecular formula is C43H52N4O7S. The minimum absolute atomic E-state index is 0.117. The zero-order chi connectivity index (χ0) is 39.9. The molecule has 11 nitrogen and oxygen atoms in total. The van der Waals surface area contributed by atoms with E-state index in [0.717, 1.165) is 39.1 Å². The molecule has 2 saturated carbocycles. The summed E-state index contributed by atoms with van der Waals surface area (Å²) in [4.78, 5) is 53.3. The Bertz CT molecular complexity index is 2010. The van der Waals surface area contributed by atoms with Crippen molar-refractivity contribution in [1.82, 2.24) is 10.3 Å². The van der Waals surface area contributed by atoms with Crippen molar-refractivity contribution in [3.05, 3.63) is 87.0 Å². The Kier molecular flexibility index (Phi) is 13.4. The average Bonchev–Trinajstić information content (AvgIpc) is 3.90. The SMILES string of the molecule is C1CC2CCC1C2.COC(=O)c1nc(C)ccc1-c1cc2c(cc1C(=O)Nc1c(C)cc(CNC(=O)OC(C)(C)C)cc1C)-c1sccc1CCO2.NC=O. The maximum Gasteiger partial charge on any atom is 0.407 e. The number of carbonyl (C=O) groups excluding carboxylic acids is 4. The van der Waals surface area contributed by atoms with E-state index in [1.54, 1.807) is 62.5 Å². The van der Waals surface area contributed by atoms with Crippen LogP contribution in [0.4, 0.5) is 10.5 Å². The topological polar surface area (TPSA) is 159 Å². The first-order chi connectivity index (χ1) is 26.2. The Hall–Kier alpha value is -5.23. The van der Waals surface area contributed by atoms with Crippen LogP contribution in [0.5, 0.6) is 5.75 Å². The van der Waals surface area contributed by atoms with Crippen molar-refractivity contribution in [2.24, 2.45) is 17.6 Å². The number of ether oxygens (including phenoxy) is 3. The van der Waals surface area contributed by atoms with E-state index < -0.39 is 17.7 Å². The summed E-state index contributed by atoms with van der Waals surface area (Å²) in [6.45, 7) is 11.8. The molecule has 0 unspecified atom stereocenters. The van der Waals surface area contributed by atoms with Crippen LogP contribution >= 0.6 is 11.3 Å². The van der Waals surface area contributed by atoms with E-state index in [2.05, 4.69) is 27.4 Å². The Balaban J connectivity index is 0.000000502. The molecule has 12 heteroatoms. The summed E-state index contributed by atoms with van der Waals surface area (Å²) >= 11 is 1.60. The molecule has 3 amide bonds. The number of thiophene rings is 1. The summed E-state index contributed by atoms with van der Waals surface area (Å²) < 4.78 is 16.6. The number of esters is 1. The predicted octanol–water partition coefficient (Wildman–Crippen LogP) is 8.70. The lowest BCUT2D eigenvalue weighted by Crippen LogP contribution is -2.32. The van der Waals surface area contributed by atoms with Crippen molar-refractivity contribution in [3.8, 4) is 27.3 Å². The van der Waals surface area contributed by atoms with E-state index in [0.29, 0.717) is 40.4 Å². The molecule has 3 heterocycles. The number of anilines is 1. The van der Waals surface area contributed by atoms with Gasteiger partial charge in [0.25, 0.3) is 5.91 Å². The summed E-state index contributed by atoms with van der Waals surface area (Å²) in [6.07, 6.45) is 8.32. The fourth-order valence-corrected chi connectivity index (χ4v) is 8.53. The molecule has 1 aliphatic heterocycles. The van der Waals surface area contributed by atoms with Gasteiger partial charge in [-0.1, -0.05) is 43.9 Å². The molecule has 0 radical (unpaired) electrons. The maximum atomic E-state index is 14.2. The summed E-state index contributed by atoms with van der Waals surface area (Å²) in [5.74, 6) is 2.03. The summed E-state index contributed by atoms with van der Waals surface area (Å²) in [5, 5.41) is 7.94. The predicted molar refractivity (Wildman–Crippen MR) is 216 cm³/mol. The molecular weight excluding hydrogens is 717 g/mol. The van der Waals surface area contributed by atoms with Crippen molar-refractivity contribution in [2.45, 2.75) is 92.2 Å². The van der Waals surface area contributed by atoms with Gasteiger partial charge in [0, 0.05) is 51.5 Å². The first-order valence-electron chi connectivity index (χ1n) is 18.7. The van der Waals surface area contributed by atoms with Crippen molar-refractivity contribution in [3.63, 3.8) is 0 Å². The van der Waals surface area contributed by atoms with E-state index in [9.17, 15) is 14.4 Å². The van der Waals surface area contributed by atoms with Crippen LogP contribution in [0.25, 0.3) is 21.6 Å². The van der Waals surface area contributed by atoms with Gasteiger partial charge in [0.1, 0.15) is 11.4 Å². The number of benzene rings is 2. The number of nitrogens with one attached hydrogen (secondary N) is 2. The average molecular weight is 769 g/mol. The second-order valence-corrected chi connectivity index (χ2v) is 16.2. The van der Waals surface area contributed by atoms with E-state index in [4.69, 9.17) is 19.0 Å². The minimum Gasteiger partial charge on any atom is -0.493 e. The van der Waals surface area contributed by atoms with Crippen LogP contribution in [0.1, 0.15) is 102 Å². The van der Waals surface area contributed by atoms with Crippen LogP contribution in [-0.2, 0) is 27.2 Å². The molecule has 4 aromatic rings. The number of aryl methyl sites for hydroxylation is 3. The number of amides is 3. The molecule has 7 rings (SSSR count). The third kappa shape index (κ3) is 10.3. The maximum absolute atomic E-state index is 14.2. The molecule has 55 heavy (non-hydrogen) atoms. The van der Waals surface area contributed by atoms with Gasteiger partial charge in [-0.05, 0) is 112 Å². The van der Waals surface area contributed by atoms with Gasteiger partial charge in [0.05, 0.1) is 13.7 Å². The summed E-state index contributed by atoms with van der Waals surface area (Å²) in [6, 6.07) is 13.2. The highest BCUT2D eigenvalue weighted by Crippen LogP contribution is 2.45. The van der Waals surface area contributed by atoms with Gasteiger partial charge < -0.3 is 30.6 Å².